The number of benzene rings is 1. The fourth-order valence-corrected chi connectivity index (χ4v) is 2.56. The first-order valence-electron chi connectivity index (χ1n) is 7.58. The van der Waals surface area contributed by atoms with Gasteiger partial charge in [0.2, 0.25) is 5.91 Å². The van der Waals surface area contributed by atoms with Gasteiger partial charge in [-0.2, -0.15) is 0 Å². The summed E-state index contributed by atoms with van der Waals surface area (Å²) in [6.07, 6.45) is 0. The van der Waals surface area contributed by atoms with Crippen molar-refractivity contribution in [2.45, 2.75) is 6.92 Å². The van der Waals surface area contributed by atoms with Crippen molar-refractivity contribution in [1.29, 1.82) is 0 Å². The summed E-state index contributed by atoms with van der Waals surface area (Å²) >= 11 is 0. The van der Waals surface area contributed by atoms with Gasteiger partial charge < -0.3 is 10.2 Å². The van der Waals surface area contributed by atoms with E-state index in [0.717, 1.165) is 5.69 Å². The molecule has 1 aromatic heterocycles. The predicted molar refractivity (Wildman–Crippen MR) is 88.3 cm³/mol. The van der Waals surface area contributed by atoms with Crippen LogP contribution in [-0.2, 0) is 4.79 Å². The molecule has 0 saturated carbocycles. The van der Waals surface area contributed by atoms with E-state index in [1.807, 2.05) is 13.0 Å². The molecule has 3 rings (SSSR count). The normalized spacial score (nSPS) is 14.2. The maximum absolute atomic E-state index is 13.0. The maximum atomic E-state index is 13.0. The van der Waals surface area contributed by atoms with E-state index in [4.69, 9.17) is 0 Å². The highest BCUT2D eigenvalue weighted by Gasteiger charge is 2.30. The van der Waals surface area contributed by atoms with Gasteiger partial charge >= 0.3 is 6.03 Å². The molecule has 124 valence electrons. The van der Waals surface area contributed by atoms with E-state index >= 15 is 0 Å². The summed E-state index contributed by atoms with van der Waals surface area (Å²) in [7, 11) is 0. The Labute approximate surface area is 138 Å². The van der Waals surface area contributed by atoms with Crippen molar-refractivity contribution in [2.75, 3.05) is 29.9 Å². The minimum Gasteiger partial charge on any atom is -0.313 e. The number of nitrogens with one attached hydrogen (secondary N) is 1. The average molecular weight is 328 g/mol. The van der Waals surface area contributed by atoms with Crippen LogP contribution >= 0.6 is 0 Å². The minimum atomic E-state index is -0.354. The Kier molecular flexibility index (Phi) is 4.41. The van der Waals surface area contributed by atoms with E-state index in [9.17, 15) is 14.0 Å². The van der Waals surface area contributed by atoms with Gasteiger partial charge in [-0.25, -0.2) is 14.2 Å². The third kappa shape index (κ3) is 3.51. The number of halogens is 1. The lowest BCUT2D eigenvalue weighted by Crippen LogP contribution is -2.37. The fraction of sp³-hybridized carbons (Fsp3) is 0.235. The Morgan fingerprint density at radius 3 is 2.67 bits per heavy atom. The van der Waals surface area contributed by atoms with Gasteiger partial charge in [0.05, 0.1) is 0 Å². The second kappa shape index (κ2) is 6.66. The van der Waals surface area contributed by atoms with E-state index in [1.165, 1.54) is 21.9 Å². The summed E-state index contributed by atoms with van der Waals surface area (Å²) < 4.78 is 13.0. The number of nitrogens with zero attached hydrogens (tertiary/aromatic N) is 3. The quantitative estimate of drug-likeness (QED) is 0.937. The van der Waals surface area contributed by atoms with Crippen LogP contribution in [0.3, 0.4) is 0 Å². The zero-order chi connectivity index (χ0) is 17.1. The first-order valence-corrected chi connectivity index (χ1v) is 7.58. The van der Waals surface area contributed by atoms with E-state index < -0.39 is 0 Å². The predicted octanol–water partition coefficient (Wildman–Crippen LogP) is 2.41. The molecular weight excluding hydrogens is 311 g/mol. The zero-order valence-corrected chi connectivity index (χ0v) is 13.2. The Morgan fingerprint density at radius 2 is 1.96 bits per heavy atom. The molecule has 0 radical (unpaired) electrons. The second-order valence-corrected chi connectivity index (χ2v) is 5.54. The molecule has 1 aromatic carbocycles. The van der Waals surface area contributed by atoms with Crippen LogP contribution in [0, 0.1) is 12.7 Å². The summed E-state index contributed by atoms with van der Waals surface area (Å²) in [6, 6.07) is 10.8. The number of hydrogen-bond acceptors (Lipinski definition) is 3. The summed E-state index contributed by atoms with van der Waals surface area (Å²) in [6.45, 7) is 2.68. The molecule has 0 aliphatic carbocycles. The molecule has 1 aliphatic heterocycles. The van der Waals surface area contributed by atoms with E-state index in [-0.39, 0.29) is 24.3 Å². The van der Waals surface area contributed by atoms with Crippen molar-refractivity contribution in [3.63, 3.8) is 0 Å². The number of urea groups is 1. The Balaban J connectivity index is 1.61. The van der Waals surface area contributed by atoms with Crippen molar-refractivity contribution in [3.8, 4) is 0 Å². The van der Waals surface area contributed by atoms with Crippen molar-refractivity contribution < 1.29 is 14.0 Å². The van der Waals surface area contributed by atoms with E-state index in [1.54, 1.807) is 24.3 Å². The lowest BCUT2D eigenvalue weighted by molar-refractivity contribution is -0.116. The molecule has 3 amide bonds. The van der Waals surface area contributed by atoms with Gasteiger partial charge in [-0.3, -0.25) is 9.69 Å². The van der Waals surface area contributed by atoms with Gasteiger partial charge in [-0.1, -0.05) is 6.07 Å². The maximum Gasteiger partial charge on any atom is 0.325 e. The van der Waals surface area contributed by atoms with Crippen LogP contribution in [-0.4, -0.2) is 41.5 Å². The number of pyridine rings is 1. The monoisotopic (exact) mass is 328 g/mol. The topological polar surface area (TPSA) is 65.5 Å². The van der Waals surface area contributed by atoms with Gasteiger partial charge in [0, 0.05) is 24.5 Å². The fourth-order valence-electron chi connectivity index (χ4n) is 2.56. The number of anilines is 2. The van der Waals surface area contributed by atoms with Crippen LogP contribution in [0.15, 0.2) is 42.5 Å². The number of hydrogen-bond donors (Lipinski definition) is 1. The highest BCUT2D eigenvalue weighted by atomic mass is 19.1. The first kappa shape index (κ1) is 15.9. The molecule has 6 nitrogen and oxygen atoms in total. The van der Waals surface area contributed by atoms with Gasteiger partial charge in [-0.15, -0.1) is 0 Å². The Hall–Kier alpha value is -2.96. The second-order valence-electron chi connectivity index (χ2n) is 5.54. The van der Waals surface area contributed by atoms with Crippen LogP contribution in [0.2, 0.25) is 0 Å². The van der Waals surface area contributed by atoms with E-state index in [2.05, 4.69) is 10.3 Å². The number of amides is 3. The Morgan fingerprint density at radius 1 is 1.21 bits per heavy atom. The summed E-state index contributed by atoms with van der Waals surface area (Å²) in [5, 5.41) is 2.68. The number of carbonyl (C=O) groups excluding carboxylic acids is 2. The lowest BCUT2D eigenvalue weighted by Gasteiger charge is -2.18. The first-order chi connectivity index (χ1) is 11.5. The summed E-state index contributed by atoms with van der Waals surface area (Å²) in [5.74, 6) is -0.197. The molecule has 24 heavy (non-hydrogen) atoms. The van der Waals surface area contributed by atoms with Gasteiger partial charge in [-0.05, 0) is 43.3 Å². The summed E-state index contributed by atoms with van der Waals surface area (Å²) in [4.78, 5) is 31.7. The van der Waals surface area contributed by atoms with Crippen LogP contribution in [0.4, 0.5) is 20.7 Å². The molecule has 2 aromatic rings. The molecule has 2 heterocycles. The smallest absolute Gasteiger partial charge is 0.313 e. The average Bonchev–Trinajstić information content (AvgIpc) is 2.89. The molecule has 1 aliphatic rings. The lowest BCUT2D eigenvalue weighted by atomic mass is 10.3. The minimum absolute atomic E-state index is 0.0495. The van der Waals surface area contributed by atoms with Gasteiger partial charge in [0.1, 0.15) is 18.2 Å². The zero-order valence-electron chi connectivity index (χ0n) is 13.2. The number of aryl methyl sites for hydroxylation is 1. The third-order valence-corrected chi connectivity index (χ3v) is 3.72. The third-order valence-electron chi connectivity index (χ3n) is 3.72. The number of aromatic nitrogens is 1. The van der Waals surface area contributed by atoms with Crippen LogP contribution < -0.4 is 10.2 Å². The molecular formula is C17H17FN4O2. The molecule has 0 atom stereocenters. The van der Waals surface area contributed by atoms with E-state index in [0.29, 0.717) is 24.6 Å². The van der Waals surface area contributed by atoms with Crippen LogP contribution in [0.1, 0.15) is 5.69 Å². The van der Waals surface area contributed by atoms with Crippen molar-refractivity contribution in [2.24, 2.45) is 0 Å². The molecule has 1 fully saturated rings. The van der Waals surface area contributed by atoms with Crippen molar-refractivity contribution in [3.05, 3.63) is 54.0 Å². The molecule has 0 bridgehead atoms. The largest absolute Gasteiger partial charge is 0.325 e. The van der Waals surface area contributed by atoms with Crippen molar-refractivity contribution >= 4 is 23.4 Å². The van der Waals surface area contributed by atoms with Gasteiger partial charge in [0.15, 0.2) is 0 Å². The standard InChI is InChI=1S/C17H17FN4O2/c1-12-3-2-4-15(19-12)20-16(23)11-21-9-10-22(17(21)24)14-7-5-13(18)6-8-14/h2-8H,9-11H2,1H3,(H,19,20,23). The van der Waals surface area contributed by atoms with Crippen LogP contribution in [0.25, 0.3) is 0 Å². The summed E-state index contributed by atoms with van der Waals surface area (Å²) in [5.41, 5.74) is 1.41. The molecule has 0 unspecified atom stereocenters. The Bertz CT molecular complexity index is 763. The van der Waals surface area contributed by atoms with Crippen molar-refractivity contribution in [1.82, 2.24) is 9.88 Å². The number of rotatable bonds is 4. The van der Waals surface area contributed by atoms with Gasteiger partial charge in [0.25, 0.3) is 0 Å². The molecule has 1 N–H and O–H groups in total. The SMILES string of the molecule is Cc1cccc(NC(=O)CN2CCN(c3ccc(F)cc3)C2=O)n1. The highest BCUT2D eigenvalue weighted by Crippen LogP contribution is 2.20. The highest BCUT2D eigenvalue weighted by molar-refractivity contribution is 5.99. The molecule has 0 spiro atoms. The molecule has 7 heteroatoms. The van der Waals surface area contributed by atoms with Crippen LogP contribution in [0.5, 0.6) is 0 Å². The number of carbonyl (C=O) groups is 2. The molecule has 1 saturated heterocycles.